The molecule has 0 fully saturated rings. The number of nitrogens with one attached hydrogen (secondary N) is 3. The lowest BCUT2D eigenvalue weighted by atomic mass is 10.1. The van der Waals surface area contributed by atoms with Gasteiger partial charge in [-0.2, -0.15) is 0 Å². The Kier molecular flexibility index (Phi) is 10.4. The summed E-state index contributed by atoms with van der Waals surface area (Å²) in [6.45, 7) is 4.47. The molecule has 1 unspecified atom stereocenters. The zero-order valence-corrected chi connectivity index (χ0v) is 19.3. The van der Waals surface area contributed by atoms with Crippen molar-refractivity contribution in [1.29, 1.82) is 0 Å². The quantitative estimate of drug-likeness (QED) is 0.188. The maximum atomic E-state index is 12.1. The number of aromatic hydroxyl groups is 1. The van der Waals surface area contributed by atoms with Gasteiger partial charge < -0.3 is 21.1 Å². The Hall–Kier alpha value is -1.71. The number of hydrogen-bond acceptors (Lipinski definition) is 3. The van der Waals surface area contributed by atoms with Crippen LogP contribution in [0, 0.1) is 0 Å². The first kappa shape index (κ1) is 24.3. The summed E-state index contributed by atoms with van der Waals surface area (Å²) in [6, 6.07) is 11.4. The Morgan fingerprint density at radius 2 is 1.86 bits per heavy atom. The van der Waals surface area contributed by atoms with Gasteiger partial charge >= 0.3 is 0 Å². The Balaban J connectivity index is 0.00000392. The van der Waals surface area contributed by atoms with Crippen LogP contribution in [0.2, 0.25) is 10.0 Å². The summed E-state index contributed by atoms with van der Waals surface area (Å²) >= 11 is 12.2. The van der Waals surface area contributed by atoms with Crippen molar-refractivity contribution in [2.45, 2.75) is 19.9 Å². The summed E-state index contributed by atoms with van der Waals surface area (Å²) in [5, 5.41) is 19.4. The molecule has 0 aliphatic heterocycles. The van der Waals surface area contributed by atoms with Crippen molar-refractivity contribution < 1.29 is 9.90 Å². The van der Waals surface area contributed by atoms with E-state index in [0.29, 0.717) is 28.2 Å². The van der Waals surface area contributed by atoms with E-state index in [2.05, 4.69) is 20.9 Å². The second-order valence-corrected chi connectivity index (χ2v) is 6.67. The SMILES string of the molecule is CCNC(=NCC(=O)Nc1ccc(O)cc1)NC(C)c1ccc(Cl)cc1Cl.I. The van der Waals surface area contributed by atoms with Crippen LogP contribution in [0.4, 0.5) is 5.69 Å². The third kappa shape index (κ3) is 7.73. The molecule has 0 aliphatic carbocycles. The fourth-order valence-electron chi connectivity index (χ4n) is 2.35. The zero-order chi connectivity index (χ0) is 19.8. The van der Waals surface area contributed by atoms with Gasteiger partial charge in [0.25, 0.3) is 0 Å². The molecule has 1 atom stereocenters. The first-order valence-corrected chi connectivity index (χ1v) is 9.23. The molecule has 6 nitrogen and oxygen atoms in total. The highest BCUT2D eigenvalue weighted by molar-refractivity contribution is 14.0. The van der Waals surface area contributed by atoms with E-state index in [4.69, 9.17) is 23.2 Å². The number of phenolic OH excluding ortho intramolecular Hbond substituents is 1. The summed E-state index contributed by atoms with van der Waals surface area (Å²) in [4.78, 5) is 16.4. The van der Waals surface area contributed by atoms with Gasteiger partial charge in [-0.1, -0.05) is 29.3 Å². The lowest BCUT2D eigenvalue weighted by Gasteiger charge is -2.19. The largest absolute Gasteiger partial charge is 0.508 e. The first-order valence-electron chi connectivity index (χ1n) is 8.47. The number of rotatable bonds is 6. The molecule has 0 aliphatic rings. The summed E-state index contributed by atoms with van der Waals surface area (Å²) in [7, 11) is 0. The van der Waals surface area contributed by atoms with Crippen molar-refractivity contribution in [2.75, 3.05) is 18.4 Å². The van der Waals surface area contributed by atoms with E-state index in [1.807, 2.05) is 19.9 Å². The van der Waals surface area contributed by atoms with Gasteiger partial charge in [0.2, 0.25) is 5.91 Å². The number of amides is 1. The van der Waals surface area contributed by atoms with Crippen LogP contribution in [0.1, 0.15) is 25.5 Å². The van der Waals surface area contributed by atoms with Crippen LogP contribution < -0.4 is 16.0 Å². The van der Waals surface area contributed by atoms with E-state index in [1.54, 1.807) is 24.3 Å². The maximum absolute atomic E-state index is 12.1. The van der Waals surface area contributed by atoms with Crippen LogP contribution in [-0.4, -0.2) is 30.1 Å². The number of carbonyl (C=O) groups is 1. The Morgan fingerprint density at radius 3 is 2.46 bits per heavy atom. The van der Waals surface area contributed by atoms with Gasteiger partial charge in [0.1, 0.15) is 12.3 Å². The number of aliphatic imine (C=N–C) groups is 1. The van der Waals surface area contributed by atoms with Crippen LogP contribution in [-0.2, 0) is 4.79 Å². The number of halogens is 3. The van der Waals surface area contributed by atoms with Gasteiger partial charge in [-0.15, -0.1) is 24.0 Å². The topological polar surface area (TPSA) is 85.8 Å². The molecule has 0 aromatic heterocycles. The number of phenols is 1. The highest BCUT2D eigenvalue weighted by Crippen LogP contribution is 2.26. The van der Waals surface area contributed by atoms with E-state index >= 15 is 0 Å². The standard InChI is InChI=1S/C19H22Cl2N4O2.HI/c1-3-22-19(24-12(2)16-9-4-13(20)10-17(16)21)23-11-18(27)25-14-5-7-15(26)8-6-14;/h4-10,12,26H,3,11H2,1-2H3,(H,25,27)(H2,22,23,24);1H. The van der Waals surface area contributed by atoms with Crippen molar-refractivity contribution in [1.82, 2.24) is 10.6 Å². The van der Waals surface area contributed by atoms with Crippen LogP contribution >= 0.6 is 47.2 Å². The van der Waals surface area contributed by atoms with Gasteiger partial charge in [0.05, 0.1) is 6.04 Å². The number of hydrogen-bond donors (Lipinski definition) is 4. The molecular weight excluding hydrogens is 514 g/mol. The van der Waals surface area contributed by atoms with E-state index in [-0.39, 0.29) is 48.2 Å². The number of carbonyl (C=O) groups excluding carboxylic acids is 1. The van der Waals surface area contributed by atoms with Crippen LogP contribution in [0.25, 0.3) is 0 Å². The fraction of sp³-hybridized carbons (Fsp3) is 0.263. The van der Waals surface area contributed by atoms with Gasteiger partial charge in [0.15, 0.2) is 5.96 Å². The van der Waals surface area contributed by atoms with Crippen molar-refractivity contribution >= 4 is 64.7 Å². The lowest BCUT2D eigenvalue weighted by molar-refractivity contribution is -0.114. The Bertz CT molecular complexity index is 816. The smallest absolute Gasteiger partial charge is 0.246 e. The molecule has 0 saturated heterocycles. The van der Waals surface area contributed by atoms with Crippen LogP contribution in [0.5, 0.6) is 5.75 Å². The summed E-state index contributed by atoms with van der Waals surface area (Å²) < 4.78 is 0. The highest BCUT2D eigenvalue weighted by atomic mass is 127. The molecular formula is C19H23Cl2IN4O2. The monoisotopic (exact) mass is 536 g/mol. The molecule has 9 heteroatoms. The van der Waals surface area contributed by atoms with E-state index in [1.165, 1.54) is 12.1 Å². The summed E-state index contributed by atoms with van der Waals surface area (Å²) in [6.07, 6.45) is 0. The predicted molar refractivity (Wildman–Crippen MR) is 126 cm³/mol. The summed E-state index contributed by atoms with van der Waals surface area (Å²) in [5.41, 5.74) is 1.47. The Morgan fingerprint density at radius 1 is 1.18 bits per heavy atom. The molecule has 28 heavy (non-hydrogen) atoms. The number of nitrogens with zero attached hydrogens (tertiary/aromatic N) is 1. The molecule has 0 saturated carbocycles. The Labute approximate surface area is 191 Å². The van der Waals surface area contributed by atoms with Gasteiger partial charge in [-0.25, -0.2) is 4.99 Å². The van der Waals surface area contributed by atoms with Gasteiger partial charge in [-0.05, 0) is 55.8 Å². The van der Waals surface area contributed by atoms with E-state index in [0.717, 1.165) is 5.56 Å². The van der Waals surface area contributed by atoms with Crippen LogP contribution in [0.15, 0.2) is 47.5 Å². The van der Waals surface area contributed by atoms with Crippen molar-refractivity contribution in [3.8, 4) is 5.75 Å². The molecule has 2 aromatic carbocycles. The normalized spacial score (nSPS) is 11.9. The molecule has 152 valence electrons. The number of guanidine groups is 1. The average molecular weight is 537 g/mol. The zero-order valence-electron chi connectivity index (χ0n) is 15.5. The molecule has 0 radical (unpaired) electrons. The fourth-order valence-corrected chi connectivity index (χ4v) is 2.92. The first-order chi connectivity index (χ1) is 12.9. The minimum absolute atomic E-state index is 0. The lowest BCUT2D eigenvalue weighted by Crippen LogP contribution is -2.39. The summed E-state index contributed by atoms with van der Waals surface area (Å²) in [5.74, 6) is 0.367. The molecule has 0 bridgehead atoms. The second-order valence-electron chi connectivity index (χ2n) is 5.82. The number of benzene rings is 2. The van der Waals surface area contributed by atoms with Gasteiger partial charge in [-0.3, -0.25) is 4.79 Å². The molecule has 0 heterocycles. The van der Waals surface area contributed by atoms with Crippen molar-refractivity contribution in [2.24, 2.45) is 4.99 Å². The average Bonchev–Trinajstić information content (AvgIpc) is 2.61. The van der Waals surface area contributed by atoms with E-state index in [9.17, 15) is 9.90 Å². The number of anilines is 1. The third-order valence-corrected chi connectivity index (χ3v) is 4.22. The predicted octanol–water partition coefficient (Wildman–Crippen LogP) is 4.57. The maximum Gasteiger partial charge on any atom is 0.246 e. The molecule has 1 amide bonds. The third-order valence-electron chi connectivity index (χ3n) is 3.66. The van der Waals surface area contributed by atoms with Crippen molar-refractivity contribution in [3.63, 3.8) is 0 Å². The highest BCUT2D eigenvalue weighted by Gasteiger charge is 2.12. The minimum atomic E-state index is -0.268. The molecule has 4 N–H and O–H groups in total. The molecule has 2 aromatic rings. The van der Waals surface area contributed by atoms with Crippen LogP contribution in [0.3, 0.4) is 0 Å². The van der Waals surface area contributed by atoms with E-state index < -0.39 is 0 Å². The van der Waals surface area contributed by atoms with Crippen molar-refractivity contribution in [3.05, 3.63) is 58.1 Å². The second kappa shape index (κ2) is 12.0. The van der Waals surface area contributed by atoms with Gasteiger partial charge in [0, 0.05) is 22.3 Å². The molecule has 2 rings (SSSR count). The minimum Gasteiger partial charge on any atom is -0.508 e. The molecule has 0 spiro atoms.